The van der Waals surface area contributed by atoms with Crippen LogP contribution in [0, 0.1) is 0 Å². The van der Waals surface area contributed by atoms with Gasteiger partial charge in [0.15, 0.2) is 9.84 Å². The third-order valence-electron chi connectivity index (χ3n) is 2.82. The first kappa shape index (κ1) is 16.3. The van der Waals surface area contributed by atoms with Gasteiger partial charge >= 0.3 is 0 Å². The molecule has 2 N–H and O–H groups in total. The number of halogens is 1. The molecule has 1 aromatic heterocycles. The summed E-state index contributed by atoms with van der Waals surface area (Å²) in [5.41, 5.74) is 6.41. The third kappa shape index (κ3) is 4.71. The normalized spacial score (nSPS) is 11.5. The fraction of sp³-hybridized carbons (Fsp3) is 0.214. The maximum Gasteiger partial charge on any atom is 0.179 e. The summed E-state index contributed by atoms with van der Waals surface area (Å²) in [4.78, 5) is 4.44. The number of hydrogen-bond donors (Lipinski definition) is 1. The first-order valence-electron chi connectivity index (χ1n) is 6.27. The molecule has 4 nitrogen and oxygen atoms in total. The van der Waals surface area contributed by atoms with Gasteiger partial charge in [-0.25, -0.2) is 13.4 Å². The van der Waals surface area contributed by atoms with Gasteiger partial charge in [-0.3, -0.25) is 0 Å². The number of aromatic nitrogens is 1. The average Bonchev–Trinajstić information content (AvgIpc) is 2.49. The van der Waals surface area contributed by atoms with E-state index in [4.69, 9.17) is 17.3 Å². The second-order valence-electron chi connectivity index (χ2n) is 4.33. The van der Waals surface area contributed by atoms with Crippen LogP contribution >= 0.6 is 23.4 Å². The zero-order valence-corrected chi connectivity index (χ0v) is 13.6. The molecular weight excluding hydrogens is 328 g/mol. The van der Waals surface area contributed by atoms with E-state index in [2.05, 4.69) is 4.98 Å². The third-order valence-corrected chi connectivity index (χ3v) is 5.98. The number of thioether (sulfide) groups is 1. The molecule has 2 aromatic rings. The number of nitrogens with zero attached hydrogens (tertiary/aromatic N) is 1. The highest BCUT2D eigenvalue weighted by molar-refractivity contribution is 8.00. The standard InChI is InChI=1S/C14H15ClN2O2S2/c15-12-3-6-14(17-10-12)20-7-8-21(18,19)13-4-1-11(9-16)2-5-13/h1-6,10H,7-9,16H2. The summed E-state index contributed by atoms with van der Waals surface area (Å²) in [6.07, 6.45) is 1.55. The van der Waals surface area contributed by atoms with Crippen LogP contribution in [0.4, 0.5) is 0 Å². The lowest BCUT2D eigenvalue weighted by Crippen LogP contribution is -2.09. The Hall–Kier alpha value is -1.08. The molecular formula is C14H15ClN2O2S2. The van der Waals surface area contributed by atoms with Crippen LogP contribution in [0.25, 0.3) is 0 Å². The summed E-state index contributed by atoms with van der Waals surface area (Å²) >= 11 is 7.14. The second kappa shape index (κ2) is 7.26. The SMILES string of the molecule is NCc1ccc(S(=O)(=O)CCSc2ccc(Cl)cn2)cc1. The van der Waals surface area contributed by atoms with Gasteiger partial charge in [0.1, 0.15) is 0 Å². The number of nitrogens with two attached hydrogens (primary N) is 1. The summed E-state index contributed by atoms with van der Waals surface area (Å²) in [6.45, 7) is 0.401. The van der Waals surface area contributed by atoms with Gasteiger partial charge in [0, 0.05) is 18.5 Å². The average molecular weight is 343 g/mol. The lowest BCUT2D eigenvalue weighted by atomic mass is 10.2. The summed E-state index contributed by atoms with van der Waals surface area (Å²) < 4.78 is 24.4. The van der Waals surface area contributed by atoms with Crippen LogP contribution in [0.15, 0.2) is 52.5 Å². The molecule has 0 bridgehead atoms. The van der Waals surface area contributed by atoms with Gasteiger partial charge < -0.3 is 5.73 Å². The predicted molar refractivity (Wildman–Crippen MR) is 86.4 cm³/mol. The first-order chi connectivity index (χ1) is 10.0. The Bertz CT molecular complexity index is 686. The van der Waals surface area contributed by atoms with Crippen LogP contribution < -0.4 is 5.73 Å². The number of hydrogen-bond acceptors (Lipinski definition) is 5. The van der Waals surface area contributed by atoms with Gasteiger partial charge in [0.05, 0.1) is 20.7 Å². The zero-order chi connectivity index (χ0) is 15.3. The van der Waals surface area contributed by atoms with Gasteiger partial charge in [0.2, 0.25) is 0 Å². The zero-order valence-electron chi connectivity index (χ0n) is 11.2. The molecule has 0 saturated carbocycles. The summed E-state index contributed by atoms with van der Waals surface area (Å²) in [7, 11) is -3.28. The Kier molecular flexibility index (Phi) is 5.64. The Morgan fingerprint density at radius 3 is 2.43 bits per heavy atom. The maximum absolute atomic E-state index is 12.2. The van der Waals surface area contributed by atoms with Gasteiger partial charge in [-0.2, -0.15) is 0 Å². The molecule has 1 heterocycles. The highest BCUT2D eigenvalue weighted by Crippen LogP contribution is 2.19. The fourth-order valence-electron chi connectivity index (χ4n) is 1.65. The highest BCUT2D eigenvalue weighted by atomic mass is 35.5. The van der Waals surface area contributed by atoms with Gasteiger partial charge in [-0.15, -0.1) is 11.8 Å². The minimum absolute atomic E-state index is 0.0595. The van der Waals surface area contributed by atoms with Gasteiger partial charge in [-0.05, 0) is 29.8 Å². The van der Waals surface area contributed by atoms with E-state index in [0.29, 0.717) is 22.2 Å². The van der Waals surface area contributed by atoms with E-state index in [-0.39, 0.29) is 5.75 Å². The van der Waals surface area contributed by atoms with Crippen molar-refractivity contribution in [3.05, 3.63) is 53.2 Å². The molecule has 0 aliphatic heterocycles. The van der Waals surface area contributed by atoms with Crippen molar-refractivity contribution in [2.45, 2.75) is 16.5 Å². The smallest absolute Gasteiger partial charge is 0.179 e. The largest absolute Gasteiger partial charge is 0.326 e. The predicted octanol–water partition coefficient (Wildman–Crippen LogP) is 2.76. The highest BCUT2D eigenvalue weighted by Gasteiger charge is 2.14. The van der Waals surface area contributed by atoms with Crippen LogP contribution in [0.2, 0.25) is 5.02 Å². The molecule has 0 radical (unpaired) electrons. The number of sulfone groups is 1. The topological polar surface area (TPSA) is 73.1 Å². The van der Waals surface area contributed by atoms with Crippen LogP contribution in [-0.2, 0) is 16.4 Å². The van der Waals surface area contributed by atoms with Crippen LogP contribution in [0.5, 0.6) is 0 Å². The Morgan fingerprint density at radius 2 is 1.86 bits per heavy atom. The number of rotatable bonds is 6. The van der Waals surface area contributed by atoms with E-state index >= 15 is 0 Å². The number of benzene rings is 1. The molecule has 0 aliphatic carbocycles. The Balaban J connectivity index is 1.95. The van der Waals surface area contributed by atoms with E-state index in [1.165, 1.54) is 11.8 Å². The molecule has 0 fully saturated rings. The Morgan fingerprint density at radius 1 is 1.14 bits per heavy atom. The van der Waals surface area contributed by atoms with E-state index in [0.717, 1.165) is 10.6 Å². The second-order valence-corrected chi connectivity index (χ2v) is 7.99. The van der Waals surface area contributed by atoms with Gasteiger partial charge in [0.25, 0.3) is 0 Å². The van der Waals surface area contributed by atoms with Crippen molar-refractivity contribution in [1.29, 1.82) is 0 Å². The van der Waals surface area contributed by atoms with Crippen LogP contribution in [0.1, 0.15) is 5.56 Å². The Labute approximate surface area is 133 Å². The molecule has 21 heavy (non-hydrogen) atoms. The van der Waals surface area contributed by atoms with Gasteiger partial charge in [-0.1, -0.05) is 23.7 Å². The van der Waals surface area contributed by atoms with E-state index < -0.39 is 9.84 Å². The van der Waals surface area contributed by atoms with Crippen molar-refractivity contribution in [2.75, 3.05) is 11.5 Å². The van der Waals surface area contributed by atoms with Crippen molar-refractivity contribution in [3.63, 3.8) is 0 Å². The molecule has 112 valence electrons. The first-order valence-corrected chi connectivity index (χ1v) is 9.29. The molecule has 0 saturated heterocycles. The number of pyridine rings is 1. The summed E-state index contributed by atoms with van der Waals surface area (Å²) in [5.74, 6) is 0.500. The van der Waals surface area contributed by atoms with E-state index in [9.17, 15) is 8.42 Å². The van der Waals surface area contributed by atoms with Crippen molar-refractivity contribution in [2.24, 2.45) is 5.73 Å². The molecule has 1 aromatic carbocycles. The maximum atomic E-state index is 12.2. The molecule has 0 unspecified atom stereocenters. The van der Waals surface area contributed by atoms with Crippen molar-refractivity contribution < 1.29 is 8.42 Å². The van der Waals surface area contributed by atoms with Crippen LogP contribution in [-0.4, -0.2) is 24.9 Å². The minimum atomic E-state index is -3.28. The van der Waals surface area contributed by atoms with E-state index in [1.807, 2.05) is 0 Å². The van der Waals surface area contributed by atoms with Crippen molar-refractivity contribution >= 4 is 33.2 Å². The van der Waals surface area contributed by atoms with Crippen molar-refractivity contribution in [1.82, 2.24) is 4.98 Å². The van der Waals surface area contributed by atoms with E-state index in [1.54, 1.807) is 42.6 Å². The lowest BCUT2D eigenvalue weighted by molar-refractivity contribution is 0.597. The fourth-order valence-corrected chi connectivity index (χ4v) is 4.26. The summed E-state index contributed by atoms with van der Waals surface area (Å²) in [5, 5.41) is 1.32. The molecule has 0 spiro atoms. The molecule has 0 amide bonds. The van der Waals surface area contributed by atoms with Crippen LogP contribution in [0.3, 0.4) is 0 Å². The molecule has 0 atom stereocenters. The van der Waals surface area contributed by atoms with Crippen molar-refractivity contribution in [3.8, 4) is 0 Å². The quantitative estimate of drug-likeness (QED) is 0.817. The minimum Gasteiger partial charge on any atom is -0.326 e. The summed E-state index contributed by atoms with van der Waals surface area (Å²) in [6, 6.07) is 10.2. The molecule has 7 heteroatoms. The monoisotopic (exact) mass is 342 g/mol. The lowest BCUT2D eigenvalue weighted by Gasteiger charge is -2.05. The molecule has 2 rings (SSSR count). The molecule has 0 aliphatic rings.